The molecule has 0 saturated carbocycles. The van der Waals surface area contributed by atoms with Gasteiger partial charge in [0.15, 0.2) is 0 Å². The second-order valence-corrected chi connectivity index (χ2v) is 0. The first-order valence-electron chi connectivity index (χ1n) is 0. The largest absolute Gasteiger partial charge is 1.00 e. The summed E-state index contributed by atoms with van der Waals surface area (Å²) in [4.78, 5) is 0. The van der Waals surface area contributed by atoms with Gasteiger partial charge in [0.05, 0.1) is 0 Å². The molecule has 0 atom stereocenters. The van der Waals surface area contributed by atoms with E-state index in [4.69, 9.17) is 0 Å². The molecule has 0 rings (SSSR count). The average molecular weight is 281 g/mol. The van der Waals surface area contributed by atoms with Gasteiger partial charge in [-0.1, -0.05) is 0 Å². The molecule has 0 nitrogen and oxygen atoms in total. The van der Waals surface area contributed by atoms with Crippen molar-refractivity contribution in [3.63, 3.8) is 0 Å². The summed E-state index contributed by atoms with van der Waals surface area (Å²) in [5.74, 6) is 0. The van der Waals surface area contributed by atoms with Gasteiger partial charge in [0, 0.05) is 0 Å². The summed E-state index contributed by atoms with van der Waals surface area (Å²) in [5, 5.41) is 0. The monoisotopic (exact) mass is 280 g/mol. The van der Waals surface area contributed by atoms with Gasteiger partial charge in [-0.25, -0.2) is 0 Å². The van der Waals surface area contributed by atoms with E-state index in [0.29, 0.717) is 0 Å². The minimum absolute atomic E-state index is 0. The Morgan fingerprint density at radius 1 is 0.286 bits per heavy atom. The van der Waals surface area contributed by atoms with E-state index in [0.717, 1.165) is 0 Å². The molecular formula is H7K7. The Kier molecular flexibility index (Phi) is 220. The van der Waals surface area contributed by atoms with E-state index in [2.05, 4.69) is 0 Å². The molecule has 0 aromatic heterocycles. The van der Waals surface area contributed by atoms with Crippen molar-refractivity contribution in [2.24, 2.45) is 0 Å². The topological polar surface area (TPSA) is 0 Å². The van der Waals surface area contributed by atoms with Crippen LogP contribution in [0.15, 0.2) is 0 Å². The predicted octanol–water partition coefficient (Wildman–Crippen LogP) is -20.2. The Balaban J connectivity index is 0. The van der Waals surface area contributed by atoms with Crippen LogP contribution in [0.2, 0.25) is 0 Å². The predicted molar refractivity (Wildman–Crippen MR) is 7.78 cm³/mol. The van der Waals surface area contributed by atoms with Crippen LogP contribution in [-0.2, 0) is 0 Å². The zero-order valence-electron chi connectivity index (χ0n) is 14.0. The van der Waals surface area contributed by atoms with Gasteiger partial charge in [-0.2, -0.15) is 0 Å². The van der Waals surface area contributed by atoms with Crippen LogP contribution >= 0.6 is 0 Å². The summed E-state index contributed by atoms with van der Waals surface area (Å²) in [5.41, 5.74) is 0. The van der Waals surface area contributed by atoms with Crippen LogP contribution in [-0.4, -0.2) is 0 Å². The minimum Gasteiger partial charge on any atom is -1.00 e. The van der Waals surface area contributed by atoms with E-state index < -0.39 is 0 Å². The van der Waals surface area contributed by atoms with Crippen LogP contribution in [0.3, 0.4) is 0 Å². The first-order chi connectivity index (χ1) is 0. The molecule has 0 saturated heterocycles. The molecule has 0 aliphatic carbocycles. The normalized spacial score (nSPS) is 0. The molecule has 0 aromatic rings. The van der Waals surface area contributed by atoms with E-state index in [9.17, 15) is 0 Å². The fourth-order valence-electron chi connectivity index (χ4n) is 0. The van der Waals surface area contributed by atoms with Crippen LogP contribution in [0.25, 0.3) is 0 Å². The van der Waals surface area contributed by atoms with Crippen molar-refractivity contribution in [2.75, 3.05) is 0 Å². The zero-order valence-corrected chi connectivity index (χ0v) is 28.9. The number of hydrogen-bond acceptors (Lipinski definition) is 0. The molecule has 0 fully saturated rings. The third kappa shape index (κ3) is 31.8. The fourth-order valence-corrected chi connectivity index (χ4v) is 0. The summed E-state index contributed by atoms with van der Waals surface area (Å²) in [6, 6.07) is 0. The Hall–Kier alpha value is 11.5. The molecule has 0 heterocycles. The van der Waals surface area contributed by atoms with Crippen molar-refractivity contribution in [3.8, 4) is 0 Å². The molecule has 7 heavy (non-hydrogen) atoms. The quantitative estimate of drug-likeness (QED) is 0.387. The second kappa shape index (κ2) is 36.0. The van der Waals surface area contributed by atoms with Gasteiger partial charge in [0.1, 0.15) is 0 Å². The van der Waals surface area contributed by atoms with Crippen LogP contribution in [0, 0.1) is 0 Å². The summed E-state index contributed by atoms with van der Waals surface area (Å²) < 4.78 is 0. The third-order valence-corrected chi connectivity index (χ3v) is 0. The molecule has 7 heteroatoms. The molecule has 14 valence electrons. The molecule has 0 aliphatic heterocycles. The second-order valence-electron chi connectivity index (χ2n) is 0. The van der Waals surface area contributed by atoms with Gasteiger partial charge in [0.25, 0.3) is 0 Å². The summed E-state index contributed by atoms with van der Waals surface area (Å²) >= 11 is 0. The van der Waals surface area contributed by atoms with Crippen molar-refractivity contribution in [1.29, 1.82) is 0 Å². The average Bonchev–Trinajstić information content (AvgIpc) is 0. The molecule has 0 amide bonds. The standard InChI is InChI=1S/7K.7H/q7*+1;7*-1. The first-order valence-corrected chi connectivity index (χ1v) is 0. The maximum Gasteiger partial charge on any atom is 1.00 e. The summed E-state index contributed by atoms with van der Waals surface area (Å²) in [7, 11) is 0. The van der Waals surface area contributed by atoms with E-state index in [1.807, 2.05) is 0 Å². The van der Waals surface area contributed by atoms with E-state index in [-0.39, 0.29) is 370 Å². The van der Waals surface area contributed by atoms with Gasteiger partial charge in [-0.15, -0.1) is 0 Å². The summed E-state index contributed by atoms with van der Waals surface area (Å²) in [6.45, 7) is 0. The molecule has 0 aromatic carbocycles. The SMILES string of the molecule is [H-].[H-].[H-].[H-].[H-].[H-].[H-].[K+].[K+].[K+].[K+].[K+].[K+].[K+]. The zero-order chi connectivity index (χ0) is 0. The first kappa shape index (κ1) is 42.9. The van der Waals surface area contributed by atoms with Gasteiger partial charge in [0.2, 0.25) is 0 Å². The van der Waals surface area contributed by atoms with Crippen molar-refractivity contribution in [3.05, 3.63) is 0 Å². The van der Waals surface area contributed by atoms with Crippen molar-refractivity contribution in [2.45, 2.75) is 0 Å². The van der Waals surface area contributed by atoms with Crippen molar-refractivity contribution >= 4 is 0 Å². The maximum absolute atomic E-state index is 0. The third-order valence-electron chi connectivity index (χ3n) is 0. The fraction of sp³-hybridized carbons (Fsp3) is 0. The Labute approximate surface area is 354 Å². The Bertz CT molecular complexity index is 14.0. The van der Waals surface area contributed by atoms with Crippen LogP contribution < -0.4 is 360 Å². The van der Waals surface area contributed by atoms with Crippen molar-refractivity contribution < 1.29 is 370 Å². The van der Waals surface area contributed by atoms with Gasteiger partial charge in [-0.3, -0.25) is 0 Å². The maximum atomic E-state index is 0. The minimum atomic E-state index is 0. The smallest absolute Gasteiger partial charge is 1.00 e. The van der Waals surface area contributed by atoms with E-state index in [1.54, 1.807) is 0 Å². The molecule has 0 bridgehead atoms. The van der Waals surface area contributed by atoms with Gasteiger partial charge in [-0.05, 0) is 0 Å². The van der Waals surface area contributed by atoms with Crippen LogP contribution in [0.5, 0.6) is 0 Å². The van der Waals surface area contributed by atoms with Crippen molar-refractivity contribution in [1.82, 2.24) is 0 Å². The number of hydrogen-bond donors (Lipinski definition) is 0. The Morgan fingerprint density at radius 3 is 0.286 bits per heavy atom. The molecule has 0 N–H and O–H groups in total. The van der Waals surface area contributed by atoms with Gasteiger partial charge >= 0.3 is 360 Å². The molecule has 0 radical (unpaired) electrons. The molecule has 0 spiro atoms. The van der Waals surface area contributed by atoms with E-state index >= 15 is 0 Å². The molecule has 0 unspecified atom stereocenters. The van der Waals surface area contributed by atoms with E-state index in [1.165, 1.54) is 0 Å². The Morgan fingerprint density at radius 2 is 0.286 bits per heavy atom. The molecule has 0 aliphatic rings. The summed E-state index contributed by atoms with van der Waals surface area (Å²) in [6.07, 6.45) is 0. The number of rotatable bonds is 0. The van der Waals surface area contributed by atoms with Crippen LogP contribution in [0.4, 0.5) is 0 Å². The van der Waals surface area contributed by atoms with Crippen LogP contribution in [0.1, 0.15) is 9.99 Å². The molecular weight excluding hydrogens is 274 g/mol. The van der Waals surface area contributed by atoms with Gasteiger partial charge < -0.3 is 9.99 Å².